The lowest BCUT2D eigenvalue weighted by atomic mass is 10.1. The molecular formula is C24H30N4O3. The molecule has 1 aliphatic carbocycles. The molecule has 0 spiro atoms. The first-order valence-corrected chi connectivity index (χ1v) is 11.0. The zero-order valence-corrected chi connectivity index (χ0v) is 17.6. The third-order valence-electron chi connectivity index (χ3n) is 5.94. The highest BCUT2D eigenvalue weighted by molar-refractivity contribution is 5.96. The van der Waals surface area contributed by atoms with Gasteiger partial charge in [0.2, 0.25) is 0 Å². The highest BCUT2D eigenvalue weighted by Gasteiger charge is 2.24. The lowest BCUT2D eigenvalue weighted by Crippen LogP contribution is -2.32. The van der Waals surface area contributed by atoms with E-state index in [1.54, 1.807) is 24.3 Å². The molecule has 31 heavy (non-hydrogen) atoms. The normalized spacial score (nSPS) is 18.5. The number of aliphatic hydroxyl groups excluding tert-OH is 1. The molecule has 1 unspecified atom stereocenters. The van der Waals surface area contributed by atoms with Gasteiger partial charge in [0.05, 0.1) is 6.61 Å². The minimum atomic E-state index is -0.239. The zero-order chi connectivity index (χ0) is 21.6. The number of aliphatic hydroxyl groups is 1. The number of hydrogen-bond donors (Lipinski definition) is 4. The quantitative estimate of drug-likeness (QED) is 0.526. The number of nitrogens with zero attached hydrogens (tertiary/aromatic N) is 1. The Hall–Kier alpha value is -2.90. The standard InChI is InChI=1S/C24H30N4O3/c29-16-22-9-4-12-28(22)15-19-6-2-1-5-18(19)14-25-23(30)17-7-3-8-21(13-17)27-24(31)26-20-10-11-20/h1-3,5-8,13,20,22,29H,4,9-12,14-16H2,(H,25,30)(H2,26,27,31). The molecule has 3 amide bonds. The lowest BCUT2D eigenvalue weighted by molar-refractivity contribution is 0.0950. The van der Waals surface area contributed by atoms with Gasteiger partial charge in [0.25, 0.3) is 5.91 Å². The van der Waals surface area contributed by atoms with Crippen molar-refractivity contribution in [1.82, 2.24) is 15.5 Å². The Kier molecular flexibility index (Phi) is 6.84. The fourth-order valence-electron chi connectivity index (χ4n) is 4.01. The summed E-state index contributed by atoms with van der Waals surface area (Å²) in [5, 5.41) is 18.2. The van der Waals surface area contributed by atoms with E-state index in [1.165, 1.54) is 0 Å². The number of likely N-dealkylation sites (tertiary alicyclic amines) is 1. The number of carbonyl (C=O) groups is 2. The molecular weight excluding hydrogens is 392 g/mol. The number of urea groups is 1. The van der Waals surface area contributed by atoms with Gasteiger partial charge in [0.1, 0.15) is 0 Å². The second-order valence-electron chi connectivity index (χ2n) is 8.35. The summed E-state index contributed by atoms with van der Waals surface area (Å²) in [6.45, 7) is 2.36. The molecule has 4 rings (SSSR count). The van der Waals surface area contributed by atoms with Crippen LogP contribution in [-0.4, -0.2) is 47.2 Å². The highest BCUT2D eigenvalue weighted by Crippen LogP contribution is 2.22. The largest absolute Gasteiger partial charge is 0.395 e. The third kappa shape index (κ3) is 5.83. The van der Waals surface area contributed by atoms with Crippen LogP contribution < -0.4 is 16.0 Å². The van der Waals surface area contributed by atoms with Crippen molar-refractivity contribution in [2.24, 2.45) is 0 Å². The minimum absolute atomic E-state index is 0.182. The van der Waals surface area contributed by atoms with Gasteiger partial charge in [0, 0.05) is 36.4 Å². The molecule has 4 N–H and O–H groups in total. The Morgan fingerprint density at radius 2 is 1.84 bits per heavy atom. The van der Waals surface area contributed by atoms with Crippen molar-refractivity contribution < 1.29 is 14.7 Å². The topological polar surface area (TPSA) is 93.7 Å². The lowest BCUT2D eigenvalue weighted by Gasteiger charge is -2.24. The van der Waals surface area contributed by atoms with Gasteiger partial charge in [-0.1, -0.05) is 30.3 Å². The molecule has 164 valence electrons. The zero-order valence-electron chi connectivity index (χ0n) is 17.6. The molecule has 7 heteroatoms. The summed E-state index contributed by atoms with van der Waals surface area (Å²) in [6, 6.07) is 15.3. The van der Waals surface area contributed by atoms with Crippen LogP contribution in [0, 0.1) is 0 Å². The van der Waals surface area contributed by atoms with E-state index in [4.69, 9.17) is 0 Å². The maximum Gasteiger partial charge on any atom is 0.319 e. The van der Waals surface area contributed by atoms with E-state index in [9.17, 15) is 14.7 Å². The van der Waals surface area contributed by atoms with Crippen molar-refractivity contribution in [1.29, 1.82) is 0 Å². The summed E-state index contributed by atoms with van der Waals surface area (Å²) in [4.78, 5) is 27.0. The monoisotopic (exact) mass is 422 g/mol. The predicted octanol–water partition coefficient (Wildman–Crippen LogP) is 2.86. The number of rotatable bonds is 8. The van der Waals surface area contributed by atoms with Gasteiger partial charge in [-0.25, -0.2) is 4.79 Å². The first-order valence-electron chi connectivity index (χ1n) is 11.0. The maximum atomic E-state index is 12.7. The number of anilines is 1. The molecule has 0 aromatic heterocycles. The summed E-state index contributed by atoms with van der Waals surface area (Å²) in [5.74, 6) is -0.185. The number of amides is 3. The Labute approximate surface area is 182 Å². The van der Waals surface area contributed by atoms with Crippen LogP contribution in [0.5, 0.6) is 0 Å². The van der Waals surface area contributed by atoms with Gasteiger partial charge < -0.3 is 21.1 Å². The average Bonchev–Trinajstić information content (AvgIpc) is 3.47. The minimum Gasteiger partial charge on any atom is -0.395 e. The van der Waals surface area contributed by atoms with Gasteiger partial charge in [-0.05, 0) is 61.6 Å². The second kappa shape index (κ2) is 9.94. The van der Waals surface area contributed by atoms with Gasteiger partial charge >= 0.3 is 6.03 Å². The number of hydrogen-bond acceptors (Lipinski definition) is 4. The van der Waals surface area contributed by atoms with E-state index in [2.05, 4.69) is 26.9 Å². The second-order valence-corrected chi connectivity index (χ2v) is 8.35. The van der Waals surface area contributed by atoms with E-state index in [0.29, 0.717) is 17.8 Å². The summed E-state index contributed by atoms with van der Waals surface area (Å²) in [7, 11) is 0. The molecule has 1 atom stereocenters. The fraction of sp³-hybridized carbons (Fsp3) is 0.417. The van der Waals surface area contributed by atoms with Crippen LogP contribution in [0.3, 0.4) is 0 Å². The SMILES string of the molecule is O=C(Nc1cccc(C(=O)NCc2ccccc2CN2CCCC2CO)c1)NC1CC1. The number of benzene rings is 2. The van der Waals surface area contributed by atoms with Crippen molar-refractivity contribution in [2.45, 2.75) is 50.9 Å². The maximum absolute atomic E-state index is 12.7. The van der Waals surface area contributed by atoms with Crippen LogP contribution >= 0.6 is 0 Å². The fourth-order valence-corrected chi connectivity index (χ4v) is 4.01. The average molecular weight is 423 g/mol. The number of nitrogens with one attached hydrogen (secondary N) is 3. The summed E-state index contributed by atoms with van der Waals surface area (Å²) < 4.78 is 0. The van der Waals surface area contributed by atoms with Crippen LogP contribution in [0.4, 0.5) is 10.5 Å². The Morgan fingerprint density at radius 1 is 1.03 bits per heavy atom. The van der Waals surface area contributed by atoms with Crippen LogP contribution in [0.1, 0.15) is 47.2 Å². The summed E-state index contributed by atoms with van der Waals surface area (Å²) in [6.07, 6.45) is 4.18. The van der Waals surface area contributed by atoms with E-state index in [1.807, 2.05) is 18.2 Å². The van der Waals surface area contributed by atoms with E-state index in [0.717, 1.165) is 49.9 Å². The highest BCUT2D eigenvalue weighted by atomic mass is 16.3. The summed E-state index contributed by atoms with van der Waals surface area (Å²) in [5.41, 5.74) is 3.32. The van der Waals surface area contributed by atoms with Crippen molar-refractivity contribution in [3.63, 3.8) is 0 Å². The van der Waals surface area contributed by atoms with Gasteiger partial charge in [-0.2, -0.15) is 0 Å². The molecule has 1 saturated heterocycles. The van der Waals surface area contributed by atoms with Gasteiger partial charge in [0.15, 0.2) is 0 Å². The molecule has 1 heterocycles. The van der Waals surface area contributed by atoms with Gasteiger partial charge in [-0.15, -0.1) is 0 Å². The molecule has 1 saturated carbocycles. The molecule has 2 aliphatic rings. The first kappa shape index (κ1) is 21.3. The molecule has 0 radical (unpaired) electrons. The van der Waals surface area contributed by atoms with Crippen molar-refractivity contribution in [2.75, 3.05) is 18.5 Å². The van der Waals surface area contributed by atoms with Gasteiger partial charge in [-0.3, -0.25) is 9.69 Å². The Bertz CT molecular complexity index is 929. The smallest absolute Gasteiger partial charge is 0.319 e. The van der Waals surface area contributed by atoms with E-state index in [-0.39, 0.29) is 30.6 Å². The van der Waals surface area contributed by atoms with Crippen molar-refractivity contribution in [3.05, 3.63) is 65.2 Å². The van der Waals surface area contributed by atoms with Crippen molar-refractivity contribution in [3.8, 4) is 0 Å². The van der Waals surface area contributed by atoms with E-state index < -0.39 is 0 Å². The molecule has 2 aromatic rings. The van der Waals surface area contributed by atoms with Crippen LogP contribution in [-0.2, 0) is 13.1 Å². The third-order valence-corrected chi connectivity index (χ3v) is 5.94. The van der Waals surface area contributed by atoms with E-state index >= 15 is 0 Å². The van der Waals surface area contributed by atoms with Crippen LogP contribution in [0.25, 0.3) is 0 Å². The molecule has 0 bridgehead atoms. The predicted molar refractivity (Wildman–Crippen MR) is 120 cm³/mol. The molecule has 2 aromatic carbocycles. The molecule has 2 fully saturated rings. The van der Waals surface area contributed by atoms with Crippen LogP contribution in [0.2, 0.25) is 0 Å². The summed E-state index contributed by atoms with van der Waals surface area (Å²) >= 11 is 0. The molecule has 1 aliphatic heterocycles. The number of carbonyl (C=O) groups excluding carboxylic acids is 2. The van der Waals surface area contributed by atoms with Crippen molar-refractivity contribution >= 4 is 17.6 Å². The first-order chi connectivity index (χ1) is 15.1. The Morgan fingerprint density at radius 3 is 2.61 bits per heavy atom. The molecule has 7 nitrogen and oxygen atoms in total. The Balaban J connectivity index is 1.35. The van der Waals surface area contributed by atoms with Crippen LogP contribution in [0.15, 0.2) is 48.5 Å².